The van der Waals surface area contributed by atoms with Gasteiger partial charge < -0.3 is 9.47 Å². The highest BCUT2D eigenvalue weighted by molar-refractivity contribution is 6.35. The molecular weight excluding hydrogens is 419 g/mol. The Morgan fingerprint density at radius 3 is 2.10 bits per heavy atom. The summed E-state index contributed by atoms with van der Waals surface area (Å²) in [5.74, 6) is 0.637. The molecule has 0 radical (unpaired) electrons. The van der Waals surface area contributed by atoms with E-state index < -0.39 is 10.6 Å². The van der Waals surface area contributed by atoms with Gasteiger partial charge in [-0.15, -0.1) is 0 Å². The standard InChI is InChI=1S/C19H8Cl2N4O4/c20-13-7-16(21)19(24-10-13)29-15-3-1-14(2-4-15)28-18-6-12(9-23)11(8-22)5-17(18)25(26)27/h1-7,10H. The summed E-state index contributed by atoms with van der Waals surface area (Å²) in [6, 6.07) is 13.3. The van der Waals surface area contributed by atoms with Crippen LogP contribution in [0.4, 0.5) is 5.69 Å². The van der Waals surface area contributed by atoms with Crippen molar-refractivity contribution in [1.82, 2.24) is 4.98 Å². The number of benzene rings is 2. The lowest BCUT2D eigenvalue weighted by Crippen LogP contribution is -1.97. The second kappa shape index (κ2) is 8.44. The molecule has 142 valence electrons. The highest BCUT2D eigenvalue weighted by Crippen LogP contribution is 2.35. The SMILES string of the molecule is N#Cc1cc(Oc2ccc(Oc3ncc(Cl)cc3Cl)cc2)c([N+](=O)[O-])cc1C#N. The zero-order valence-electron chi connectivity index (χ0n) is 14.3. The molecule has 0 saturated heterocycles. The Morgan fingerprint density at radius 2 is 1.55 bits per heavy atom. The number of nitro benzene ring substituents is 1. The first-order valence-corrected chi connectivity index (χ1v) is 8.56. The van der Waals surface area contributed by atoms with Crippen LogP contribution in [0, 0.1) is 32.8 Å². The normalized spacial score (nSPS) is 9.93. The van der Waals surface area contributed by atoms with Crippen LogP contribution in [0.5, 0.6) is 23.1 Å². The molecule has 3 rings (SSSR count). The second-order valence-corrected chi connectivity index (χ2v) is 6.31. The minimum Gasteiger partial charge on any atom is -0.450 e. The largest absolute Gasteiger partial charge is 0.450 e. The summed E-state index contributed by atoms with van der Waals surface area (Å²) in [6.07, 6.45) is 1.39. The first-order chi connectivity index (χ1) is 13.9. The van der Waals surface area contributed by atoms with Gasteiger partial charge in [-0.1, -0.05) is 23.2 Å². The van der Waals surface area contributed by atoms with Gasteiger partial charge in [0.05, 0.1) is 21.1 Å². The lowest BCUT2D eigenvalue weighted by Gasteiger charge is -2.09. The molecule has 0 aliphatic carbocycles. The van der Waals surface area contributed by atoms with Crippen molar-refractivity contribution in [3.05, 3.63) is 79.9 Å². The van der Waals surface area contributed by atoms with Crippen molar-refractivity contribution >= 4 is 28.9 Å². The summed E-state index contributed by atoms with van der Waals surface area (Å²) >= 11 is 11.8. The predicted molar refractivity (Wildman–Crippen MR) is 103 cm³/mol. The zero-order valence-corrected chi connectivity index (χ0v) is 15.8. The molecule has 8 nitrogen and oxygen atoms in total. The topological polar surface area (TPSA) is 122 Å². The zero-order chi connectivity index (χ0) is 21.0. The molecule has 1 aromatic heterocycles. The molecule has 10 heteroatoms. The van der Waals surface area contributed by atoms with Crippen LogP contribution >= 0.6 is 23.2 Å². The van der Waals surface area contributed by atoms with Crippen LogP contribution < -0.4 is 9.47 Å². The van der Waals surface area contributed by atoms with Crippen LogP contribution in [0.1, 0.15) is 11.1 Å². The third-order valence-electron chi connectivity index (χ3n) is 3.58. The van der Waals surface area contributed by atoms with Gasteiger partial charge in [0.2, 0.25) is 11.6 Å². The minimum absolute atomic E-state index is 0.0310. The number of halogens is 2. The molecule has 29 heavy (non-hydrogen) atoms. The van der Waals surface area contributed by atoms with E-state index in [1.54, 1.807) is 18.2 Å². The summed E-state index contributed by atoms with van der Waals surface area (Å²) in [5.41, 5.74) is -0.572. The lowest BCUT2D eigenvalue weighted by atomic mass is 10.1. The maximum Gasteiger partial charge on any atom is 0.312 e. The molecular formula is C19H8Cl2N4O4. The molecule has 3 aromatic rings. The third kappa shape index (κ3) is 4.53. The molecule has 0 aliphatic rings. The molecule has 0 unspecified atom stereocenters. The van der Waals surface area contributed by atoms with Crippen LogP contribution in [-0.2, 0) is 0 Å². The van der Waals surface area contributed by atoms with Gasteiger partial charge >= 0.3 is 5.69 Å². The number of pyridine rings is 1. The number of nitro groups is 1. The van der Waals surface area contributed by atoms with Gasteiger partial charge in [0.15, 0.2) is 0 Å². The number of aromatic nitrogens is 1. The monoisotopic (exact) mass is 426 g/mol. The van der Waals surface area contributed by atoms with Crippen LogP contribution in [0.2, 0.25) is 10.0 Å². The number of rotatable bonds is 5. The van der Waals surface area contributed by atoms with Crippen molar-refractivity contribution in [2.45, 2.75) is 0 Å². The van der Waals surface area contributed by atoms with Crippen molar-refractivity contribution in [2.24, 2.45) is 0 Å². The van der Waals surface area contributed by atoms with Crippen molar-refractivity contribution in [3.8, 4) is 35.3 Å². The van der Waals surface area contributed by atoms with Crippen LogP contribution in [0.25, 0.3) is 0 Å². The Morgan fingerprint density at radius 1 is 0.966 bits per heavy atom. The Labute approximate surface area is 174 Å². The molecule has 1 heterocycles. The van der Waals surface area contributed by atoms with Gasteiger partial charge in [-0.05, 0) is 30.3 Å². The maximum atomic E-state index is 11.3. The quantitative estimate of drug-likeness (QED) is 0.382. The Balaban J connectivity index is 1.85. The van der Waals surface area contributed by atoms with E-state index in [9.17, 15) is 10.1 Å². The Bertz CT molecular complexity index is 1180. The van der Waals surface area contributed by atoms with Crippen molar-refractivity contribution < 1.29 is 14.4 Å². The van der Waals surface area contributed by atoms with Crippen molar-refractivity contribution in [2.75, 3.05) is 0 Å². The molecule has 0 bridgehead atoms. The van der Waals surface area contributed by atoms with Gasteiger partial charge in [-0.2, -0.15) is 10.5 Å². The fraction of sp³-hybridized carbons (Fsp3) is 0. The van der Waals surface area contributed by atoms with Gasteiger partial charge in [-0.3, -0.25) is 10.1 Å². The van der Waals surface area contributed by atoms with Crippen LogP contribution in [0.3, 0.4) is 0 Å². The highest BCUT2D eigenvalue weighted by Gasteiger charge is 2.20. The van der Waals surface area contributed by atoms with E-state index in [0.717, 1.165) is 12.1 Å². The van der Waals surface area contributed by atoms with Gasteiger partial charge in [0, 0.05) is 18.3 Å². The second-order valence-electron chi connectivity index (χ2n) is 5.46. The Hall–Kier alpha value is -3.85. The maximum absolute atomic E-state index is 11.3. The number of hydrogen-bond donors (Lipinski definition) is 0. The summed E-state index contributed by atoms with van der Waals surface area (Å²) < 4.78 is 11.1. The molecule has 0 aliphatic heterocycles. The number of hydrogen-bond acceptors (Lipinski definition) is 7. The van der Waals surface area contributed by atoms with E-state index in [4.69, 9.17) is 43.2 Å². The van der Waals surface area contributed by atoms with Crippen molar-refractivity contribution in [3.63, 3.8) is 0 Å². The summed E-state index contributed by atoms with van der Waals surface area (Å²) in [7, 11) is 0. The van der Waals surface area contributed by atoms with Gasteiger partial charge in [-0.25, -0.2) is 4.98 Å². The third-order valence-corrected chi connectivity index (χ3v) is 4.05. The molecule has 0 N–H and O–H groups in total. The van der Waals surface area contributed by atoms with E-state index >= 15 is 0 Å². The summed E-state index contributed by atoms with van der Waals surface area (Å²) in [6.45, 7) is 0. The van der Waals surface area contributed by atoms with E-state index in [1.807, 2.05) is 6.07 Å². The molecule has 0 atom stereocenters. The van der Waals surface area contributed by atoms with E-state index in [2.05, 4.69) is 4.98 Å². The highest BCUT2D eigenvalue weighted by atomic mass is 35.5. The van der Waals surface area contributed by atoms with Gasteiger partial charge in [0.25, 0.3) is 0 Å². The molecule has 0 amide bonds. The smallest absolute Gasteiger partial charge is 0.312 e. The molecule has 2 aromatic carbocycles. The van der Waals surface area contributed by atoms with Crippen LogP contribution in [-0.4, -0.2) is 9.91 Å². The first kappa shape index (κ1) is 19.9. The first-order valence-electron chi connectivity index (χ1n) is 7.80. The molecule has 0 spiro atoms. The minimum atomic E-state index is -0.691. The van der Waals surface area contributed by atoms with Crippen molar-refractivity contribution in [1.29, 1.82) is 10.5 Å². The molecule has 0 fully saturated rings. The average molecular weight is 427 g/mol. The number of ether oxygens (including phenoxy) is 2. The predicted octanol–water partition coefficient (Wildman–Crippen LogP) is 5.62. The van der Waals surface area contributed by atoms with E-state index in [1.165, 1.54) is 24.4 Å². The van der Waals surface area contributed by atoms with E-state index in [0.29, 0.717) is 10.8 Å². The fourth-order valence-electron chi connectivity index (χ4n) is 2.27. The van der Waals surface area contributed by atoms with E-state index in [-0.39, 0.29) is 33.5 Å². The molecule has 0 saturated carbocycles. The van der Waals surface area contributed by atoms with Crippen LogP contribution in [0.15, 0.2) is 48.7 Å². The summed E-state index contributed by atoms with van der Waals surface area (Å²) in [4.78, 5) is 14.6. The Kier molecular flexibility index (Phi) is 5.79. The van der Waals surface area contributed by atoms with Gasteiger partial charge in [0.1, 0.15) is 28.7 Å². The lowest BCUT2D eigenvalue weighted by molar-refractivity contribution is -0.385. The fourth-order valence-corrected chi connectivity index (χ4v) is 2.69. The number of nitrogens with zero attached hydrogens (tertiary/aromatic N) is 4. The number of nitriles is 2. The summed E-state index contributed by atoms with van der Waals surface area (Å²) in [5, 5.41) is 30.0. The average Bonchev–Trinajstić information content (AvgIpc) is 2.70.